The van der Waals surface area contributed by atoms with E-state index < -0.39 is 5.97 Å². The first kappa shape index (κ1) is 24.6. The summed E-state index contributed by atoms with van der Waals surface area (Å²) in [5.41, 5.74) is 4.67. The molecule has 0 bridgehead atoms. The van der Waals surface area contributed by atoms with Gasteiger partial charge in [-0.05, 0) is 62.1 Å². The number of aryl methyl sites for hydroxylation is 1. The van der Waals surface area contributed by atoms with Gasteiger partial charge in [0.2, 0.25) is 0 Å². The van der Waals surface area contributed by atoms with Crippen LogP contribution in [-0.2, 0) is 0 Å². The van der Waals surface area contributed by atoms with Gasteiger partial charge in [-0.3, -0.25) is 4.98 Å². The summed E-state index contributed by atoms with van der Waals surface area (Å²) in [7, 11) is 0. The average Bonchev–Trinajstić information content (AvgIpc) is 3.62. The van der Waals surface area contributed by atoms with Gasteiger partial charge < -0.3 is 14.5 Å². The molecule has 4 heterocycles. The number of nitrogens with zero attached hydrogens (tertiary/aromatic N) is 4. The Morgan fingerprint density at radius 2 is 1.90 bits per heavy atom. The standard InChI is InChI=1S/C30H26Cl2N4O3/c1-16-22-9-20(6-5-19(22)8-25(34-16)29(37)38)36-14-30(15-36)10-17(11-30)2-7-21-27(35-39-28(21)18-3-4-18)26-23(31)12-33-13-24(26)32/h2,5-9,12-13,17-18H,3-4,10-11,14-15H2,1H3,(H,37,38)/b7-2+. The Morgan fingerprint density at radius 3 is 2.59 bits per heavy atom. The van der Waals surface area contributed by atoms with Crippen molar-refractivity contribution in [2.24, 2.45) is 11.3 Å². The second kappa shape index (κ2) is 9.07. The lowest BCUT2D eigenvalue weighted by molar-refractivity contribution is 0.0486. The second-order valence-electron chi connectivity index (χ2n) is 11.2. The van der Waals surface area contributed by atoms with Crippen molar-refractivity contribution in [3.8, 4) is 11.3 Å². The van der Waals surface area contributed by atoms with Crippen molar-refractivity contribution < 1.29 is 14.4 Å². The highest BCUT2D eigenvalue weighted by molar-refractivity contribution is 6.39. The molecule has 0 radical (unpaired) electrons. The number of rotatable bonds is 6. The Kier molecular flexibility index (Phi) is 5.72. The second-order valence-corrected chi connectivity index (χ2v) is 12.1. The number of carbonyl (C=O) groups is 1. The SMILES string of the molecule is Cc1nc(C(=O)O)cc2ccc(N3CC4(CC(/C=C/c5c(-c6c(Cl)cncc6Cl)noc5C5CC5)C4)C3)cc12. The van der Waals surface area contributed by atoms with Crippen molar-refractivity contribution in [3.05, 3.63) is 75.5 Å². The number of benzene rings is 1. The zero-order valence-electron chi connectivity index (χ0n) is 21.3. The predicted molar refractivity (Wildman–Crippen MR) is 152 cm³/mol. The maximum Gasteiger partial charge on any atom is 0.354 e. The number of carboxylic acid groups (broad SMARTS) is 1. The molecule has 7 rings (SSSR count). The monoisotopic (exact) mass is 560 g/mol. The van der Waals surface area contributed by atoms with E-state index in [-0.39, 0.29) is 5.69 Å². The smallest absolute Gasteiger partial charge is 0.354 e. The molecule has 1 aromatic carbocycles. The Hall–Kier alpha value is -3.42. The maximum atomic E-state index is 11.3. The summed E-state index contributed by atoms with van der Waals surface area (Å²) in [4.78, 5) is 22.1. The minimum absolute atomic E-state index is 0.0822. The van der Waals surface area contributed by atoms with E-state index in [4.69, 9.17) is 27.7 Å². The normalized spacial score (nSPS) is 18.6. The Bertz CT molecular complexity index is 1640. The molecule has 2 aliphatic carbocycles. The van der Waals surface area contributed by atoms with Gasteiger partial charge in [0, 0.05) is 64.7 Å². The molecule has 0 atom stereocenters. The number of aromatic carboxylic acids is 1. The van der Waals surface area contributed by atoms with Crippen molar-refractivity contribution in [3.63, 3.8) is 0 Å². The third-order valence-electron chi connectivity index (χ3n) is 8.36. The van der Waals surface area contributed by atoms with Crippen molar-refractivity contribution in [1.82, 2.24) is 15.1 Å². The molecule has 2 saturated carbocycles. The number of carboxylic acids is 1. The van der Waals surface area contributed by atoms with E-state index in [1.165, 1.54) is 0 Å². The quantitative estimate of drug-likeness (QED) is 0.262. The first-order chi connectivity index (χ1) is 18.8. The van der Waals surface area contributed by atoms with Crippen molar-refractivity contribution in [2.45, 2.75) is 38.5 Å². The Labute approximate surface area is 235 Å². The predicted octanol–water partition coefficient (Wildman–Crippen LogP) is 7.41. The van der Waals surface area contributed by atoms with Gasteiger partial charge >= 0.3 is 5.97 Å². The van der Waals surface area contributed by atoms with Crippen LogP contribution in [0, 0.1) is 18.3 Å². The molecule has 3 fully saturated rings. The lowest BCUT2D eigenvalue weighted by Crippen LogP contribution is -2.62. The van der Waals surface area contributed by atoms with E-state index in [0.29, 0.717) is 38.6 Å². The van der Waals surface area contributed by atoms with Crippen molar-refractivity contribution in [2.75, 3.05) is 18.0 Å². The van der Waals surface area contributed by atoms with Crippen LogP contribution in [0.15, 0.2) is 47.3 Å². The number of fused-ring (bicyclic) bond motifs is 1. The molecule has 4 aromatic rings. The van der Waals surface area contributed by atoms with E-state index >= 15 is 0 Å². The molecule has 1 saturated heterocycles. The van der Waals surface area contributed by atoms with E-state index in [0.717, 1.165) is 72.3 Å². The summed E-state index contributed by atoms with van der Waals surface area (Å²) in [6.07, 6.45) is 12.1. The minimum Gasteiger partial charge on any atom is -0.477 e. The molecule has 0 amide bonds. The van der Waals surface area contributed by atoms with Gasteiger partial charge in [-0.2, -0.15) is 0 Å². The van der Waals surface area contributed by atoms with Crippen LogP contribution >= 0.6 is 23.2 Å². The van der Waals surface area contributed by atoms with Gasteiger partial charge in [-0.15, -0.1) is 0 Å². The first-order valence-electron chi connectivity index (χ1n) is 13.2. The van der Waals surface area contributed by atoms with Crippen LogP contribution in [-0.4, -0.2) is 39.3 Å². The molecule has 9 heteroatoms. The highest BCUT2D eigenvalue weighted by atomic mass is 35.5. The van der Waals surface area contributed by atoms with Crippen molar-refractivity contribution in [1.29, 1.82) is 0 Å². The van der Waals surface area contributed by atoms with Crippen LogP contribution in [0.25, 0.3) is 28.1 Å². The molecule has 198 valence electrons. The minimum atomic E-state index is -1.00. The number of hydrogen-bond acceptors (Lipinski definition) is 6. The number of allylic oxidation sites excluding steroid dienone is 1. The fourth-order valence-electron chi connectivity index (χ4n) is 6.26. The molecular weight excluding hydrogens is 535 g/mol. The highest BCUT2D eigenvalue weighted by Gasteiger charge is 2.51. The molecule has 3 aliphatic rings. The molecule has 7 nitrogen and oxygen atoms in total. The fourth-order valence-corrected chi connectivity index (χ4v) is 6.81. The van der Waals surface area contributed by atoms with Gasteiger partial charge in [0.05, 0.1) is 10.0 Å². The zero-order valence-corrected chi connectivity index (χ0v) is 22.8. The fraction of sp³-hybridized carbons (Fsp3) is 0.333. The largest absolute Gasteiger partial charge is 0.477 e. The Morgan fingerprint density at radius 1 is 1.15 bits per heavy atom. The molecule has 1 spiro atoms. The lowest BCUT2D eigenvalue weighted by Gasteiger charge is -2.59. The van der Waals surface area contributed by atoms with Crippen LogP contribution in [0.1, 0.15) is 59.1 Å². The molecule has 1 aliphatic heterocycles. The van der Waals surface area contributed by atoms with Gasteiger partial charge in [0.15, 0.2) is 0 Å². The topological polar surface area (TPSA) is 92.3 Å². The van der Waals surface area contributed by atoms with Crippen LogP contribution in [0.5, 0.6) is 0 Å². The van der Waals surface area contributed by atoms with E-state index in [1.807, 2.05) is 13.0 Å². The number of pyridine rings is 2. The van der Waals surface area contributed by atoms with E-state index in [9.17, 15) is 9.90 Å². The molecule has 39 heavy (non-hydrogen) atoms. The number of anilines is 1. The average molecular weight is 561 g/mol. The summed E-state index contributed by atoms with van der Waals surface area (Å²) in [6.45, 7) is 3.92. The third-order valence-corrected chi connectivity index (χ3v) is 8.94. The van der Waals surface area contributed by atoms with Crippen LogP contribution in [0.3, 0.4) is 0 Å². The third kappa shape index (κ3) is 4.28. The summed E-state index contributed by atoms with van der Waals surface area (Å²) < 4.78 is 5.78. The van der Waals surface area contributed by atoms with Crippen LogP contribution in [0.2, 0.25) is 10.0 Å². The molecule has 0 unspecified atom stereocenters. The summed E-state index contributed by atoms with van der Waals surface area (Å²) in [6, 6.07) is 7.85. The molecule has 3 aromatic heterocycles. The van der Waals surface area contributed by atoms with Gasteiger partial charge in [0.25, 0.3) is 0 Å². The van der Waals surface area contributed by atoms with Gasteiger partial charge in [-0.1, -0.05) is 46.6 Å². The molecule has 1 N–H and O–H groups in total. The lowest BCUT2D eigenvalue weighted by atomic mass is 9.57. The van der Waals surface area contributed by atoms with E-state index in [2.05, 4.69) is 44.3 Å². The van der Waals surface area contributed by atoms with Crippen LogP contribution < -0.4 is 4.90 Å². The van der Waals surface area contributed by atoms with Gasteiger partial charge in [0.1, 0.15) is 17.1 Å². The Balaban J connectivity index is 1.05. The van der Waals surface area contributed by atoms with Crippen molar-refractivity contribution >= 4 is 51.7 Å². The highest BCUT2D eigenvalue weighted by Crippen LogP contribution is 2.54. The summed E-state index contributed by atoms with van der Waals surface area (Å²) in [5, 5.41) is 16.5. The summed E-state index contributed by atoms with van der Waals surface area (Å²) in [5.74, 6) is 0.833. The van der Waals surface area contributed by atoms with E-state index in [1.54, 1.807) is 18.5 Å². The number of aromatic nitrogens is 3. The first-order valence-corrected chi connectivity index (χ1v) is 13.9. The van der Waals surface area contributed by atoms with Crippen LogP contribution in [0.4, 0.5) is 5.69 Å². The van der Waals surface area contributed by atoms with Gasteiger partial charge in [-0.25, -0.2) is 9.78 Å². The number of hydrogen-bond donors (Lipinski definition) is 1. The zero-order chi connectivity index (χ0) is 26.9. The molecular formula is C30H26Cl2N4O3. The maximum absolute atomic E-state index is 11.3. The number of halogens is 2. The summed E-state index contributed by atoms with van der Waals surface area (Å²) >= 11 is 12.9.